The SMILES string of the molecule is C(=C\c1ccncn1)/c1cccnc1. The van der Waals surface area contributed by atoms with Crippen LogP contribution in [0.1, 0.15) is 11.3 Å². The molecule has 0 aliphatic rings. The summed E-state index contributed by atoms with van der Waals surface area (Å²) in [5, 5.41) is 0. The van der Waals surface area contributed by atoms with Gasteiger partial charge in [-0.05, 0) is 23.8 Å². The fraction of sp³-hybridized carbons (Fsp3) is 0. The van der Waals surface area contributed by atoms with Gasteiger partial charge in [-0.25, -0.2) is 9.97 Å². The molecule has 0 aromatic carbocycles. The van der Waals surface area contributed by atoms with Gasteiger partial charge in [-0.2, -0.15) is 0 Å². The average molecular weight is 183 g/mol. The van der Waals surface area contributed by atoms with E-state index < -0.39 is 0 Å². The van der Waals surface area contributed by atoms with E-state index in [4.69, 9.17) is 0 Å². The Bertz CT molecular complexity index is 368. The molecule has 0 atom stereocenters. The minimum absolute atomic E-state index is 0.892. The largest absolute Gasteiger partial charge is 0.264 e. The quantitative estimate of drug-likeness (QED) is 0.715. The Hall–Kier alpha value is -2.03. The fourth-order valence-electron chi connectivity index (χ4n) is 1.06. The molecule has 2 aromatic rings. The van der Waals surface area contributed by atoms with Gasteiger partial charge >= 0.3 is 0 Å². The van der Waals surface area contributed by atoms with E-state index in [9.17, 15) is 0 Å². The highest BCUT2D eigenvalue weighted by atomic mass is 14.8. The summed E-state index contributed by atoms with van der Waals surface area (Å²) < 4.78 is 0. The summed E-state index contributed by atoms with van der Waals surface area (Å²) >= 11 is 0. The highest BCUT2D eigenvalue weighted by Gasteiger charge is 1.86. The van der Waals surface area contributed by atoms with Crippen LogP contribution in [0.5, 0.6) is 0 Å². The zero-order chi connectivity index (χ0) is 9.64. The van der Waals surface area contributed by atoms with E-state index in [1.54, 1.807) is 18.6 Å². The van der Waals surface area contributed by atoms with Gasteiger partial charge in [0.1, 0.15) is 6.33 Å². The molecule has 0 spiro atoms. The van der Waals surface area contributed by atoms with Gasteiger partial charge in [0.05, 0.1) is 5.69 Å². The zero-order valence-electron chi connectivity index (χ0n) is 7.54. The van der Waals surface area contributed by atoms with Gasteiger partial charge in [0.25, 0.3) is 0 Å². The van der Waals surface area contributed by atoms with Gasteiger partial charge in [0.2, 0.25) is 0 Å². The normalized spacial score (nSPS) is 10.6. The van der Waals surface area contributed by atoms with E-state index in [1.807, 2.05) is 30.4 Å². The average Bonchev–Trinajstić information content (AvgIpc) is 2.29. The van der Waals surface area contributed by atoms with Crippen LogP contribution >= 0.6 is 0 Å². The molecule has 68 valence electrons. The molecular weight excluding hydrogens is 174 g/mol. The standard InChI is InChI=1S/C11H9N3/c1-2-10(8-12-6-1)3-4-11-5-7-13-9-14-11/h1-9H/b4-3+. The first-order valence-corrected chi connectivity index (χ1v) is 4.29. The van der Waals surface area contributed by atoms with Crippen LogP contribution in [0.15, 0.2) is 43.1 Å². The van der Waals surface area contributed by atoms with Crippen molar-refractivity contribution in [2.24, 2.45) is 0 Å². The topological polar surface area (TPSA) is 38.7 Å². The minimum Gasteiger partial charge on any atom is -0.264 e. The van der Waals surface area contributed by atoms with E-state index in [2.05, 4.69) is 15.0 Å². The molecule has 0 fully saturated rings. The van der Waals surface area contributed by atoms with E-state index >= 15 is 0 Å². The van der Waals surface area contributed by atoms with Gasteiger partial charge < -0.3 is 0 Å². The maximum absolute atomic E-state index is 4.08. The summed E-state index contributed by atoms with van der Waals surface area (Å²) in [7, 11) is 0. The van der Waals surface area contributed by atoms with E-state index in [-0.39, 0.29) is 0 Å². The van der Waals surface area contributed by atoms with Gasteiger partial charge in [-0.3, -0.25) is 4.98 Å². The van der Waals surface area contributed by atoms with Crippen molar-refractivity contribution in [1.82, 2.24) is 15.0 Å². The smallest absolute Gasteiger partial charge is 0.115 e. The Balaban J connectivity index is 2.16. The maximum Gasteiger partial charge on any atom is 0.115 e. The maximum atomic E-state index is 4.08. The van der Waals surface area contributed by atoms with Crippen molar-refractivity contribution in [1.29, 1.82) is 0 Å². The molecule has 0 saturated carbocycles. The number of hydrogen-bond donors (Lipinski definition) is 0. The molecule has 2 heterocycles. The van der Waals surface area contributed by atoms with Crippen LogP contribution in [0.2, 0.25) is 0 Å². The molecule has 0 amide bonds. The van der Waals surface area contributed by atoms with Crippen molar-refractivity contribution in [2.75, 3.05) is 0 Å². The predicted molar refractivity (Wildman–Crippen MR) is 55.2 cm³/mol. The Kier molecular flexibility index (Phi) is 2.62. The monoisotopic (exact) mass is 183 g/mol. The van der Waals surface area contributed by atoms with Crippen molar-refractivity contribution in [2.45, 2.75) is 0 Å². The summed E-state index contributed by atoms with van der Waals surface area (Å²) in [6.45, 7) is 0. The lowest BCUT2D eigenvalue weighted by Crippen LogP contribution is -1.80. The molecule has 3 nitrogen and oxygen atoms in total. The van der Waals surface area contributed by atoms with Gasteiger partial charge in [-0.1, -0.05) is 12.1 Å². The molecule has 0 aliphatic heterocycles. The van der Waals surface area contributed by atoms with E-state index in [0.717, 1.165) is 11.3 Å². The highest BCUT2D eigenvalue weighted by molar-refractivity contribution is 5.67. The van der Waals surface area contributed by atoms with Crippen molar-refractivity contribution in [3.63, 3.8) is 0 Å². The first-order chi connectivity index (χ1) is 6.95. The lowest BCUT2D eigenvalue weighted by Gasteiger charge is -1.91. The first kappa shape index (κ1) is 8.56. The van der Waals surface area contributed by atoms with Crippen molar-refractivity contribution < 1.29 is 0 Å². The zero-order valence-corrected chi connectivity index (χ0v) is 7.54. The molecule has 2 rings (SSSR count). The minimum atomic E-state index is 0.892. The van der Waals surface area contributed by atoms with Crippen LogP contribution in [-0.2, 0) is 0 Å². The molecule has 0 N–H and O–H groups in total. The summed E-state index contributed by atoms with van der Waals surface area (Å²) in [6, 6.07) is 5.75. The molecule has 14 heavy (non-hydrogen) atoms. The van der Waals surface area contributed by atoms with Crippen LogP contribution < -0.4 is 0 Å². The van der Waals surface area contributed by atoms with Gasteiger partial charge in [0, 0.05) is 18.6 Å². The van der Waals surface area contributed by atoms with Gasteiger partial charge in [0.15, 0.2) is 0 Å². The Morgan fingerprint density at radius 3 is 2.71 bits per heavy atom. The van der Waals surface area contributed by atoms with Crippen molar-refractivity contribution in [3.8, 4) is 0 Å². The second kappa shape index (κ2) is 4.28. The molecular formula is C11H9N3. The Morgan fingerprint density at radius 2 is 2.00 bits per heavy atom. The molecule has 0 radical (unpaired) electrons. The van der Waals surface area contributed by atoms with Crippen LogP contribution in [0, 0.1) is 0 Å². The molecule has 0 bridgehead atoms. The van der Waals surface area contributed by atoms with Crippen molar-refractivity contribution in [3.05, 3.63) is 54.4 Å². The summed E-state index contributed by atoms with van der Waals surface area (Å²) in [4.78, 5) is 11.9. The van der Waals surface area contributed by atoms with Crippen LogP contribution in [-0.4, -0.2) is 15.0 Å². The third-order valence-corrected chi connectivity index (χ3v) is 1.74. The molecule has 2 aromatic heterocycles. The van der Waals surface area contributed by atoms with Crippen LogP contribution in [0.3, 0.4) is 0 Å². The Morgan fingerprint density at radius 1 is 1.00 bits per heavy atom. The second-order valence-corrected chi connectivity index (χ2v) is 2.75. The fourth-order valence-corrected chi connectivity index (χ4v) is 1.06. The molecule has 0 saturated heterocycles. The Labute approximate surface area is 82.2 Å². The number of rotatable bonds is 2. The van der Waals surface area contributed by atoms with E-state index in [1.165, 1.54) is 6.33 Å². The highest BCUT2D eigenvalue weighted by Crippen LogP contribution is 2.03. The molecule has 0 unspecified atom stereocenters. The lowest BCUT2D eigenvalue weighted by atomic mass is 10.2. The van der Waals surface area contributed by atoms with Gasteiger partial charge in [-0.15, -0.1) is 0 Å². The predicted octanol–water partition coefficient (Wildman–Crippen LogP) is 2.04. The van der Waals surface area contributed by atoms with Crippen molar-refractivity contribution >= 4 is 12.2 Å². The number of hydrogen-bond acceptors (Lipinski definition) is 3. The van der Waals surface area contributed by atoms with Crippen LogP contribution in [0.25, 0.3) is 12.2 Å². The number of nitrogens with zero attached hydrogens (tertiary/aromatic N) is 3. The summed E-state index contributed by atoms with van der Waals surface area (Å²) in [5.41, 5.74) is 1.95. The lowest BCUT2D eigenvalue weighted by molar-refractivity contribution is 1.15. The van der Waals surface area contributed by atoms with E-state index in [0.29, 0.717) is 0 Å². The summed E-state index contributed by atoms with van der Waals surface area (Å²) in [6.07, 6.45) is 10.7. The summed E-state index contributed by atoms with van der Waals surface area (Å²) in [5.74, 6) is 0. The molecule has 3 heteroatoms. The third kappa shape index (κ3) is 2.23. The molecule has 0 aliphatic carbocycles. The van der Waals surface area contributed by atoms with Crippen LogP contribution in [0.4, 0.5) is 0 Å². The third-order valence-electron chi connectivity index (χ3n) is 1.74. The number of pyridine rings is 1. The number of aromatic nitrogens is 3. The first-order valence-electron chi connectivity index (χ1n) is 4.29. The second-order valence-electron chi connectivity index (χ2n) is 2.75.